The molecule has 1 heterocycles. The highest BCUT2D eigenvalue weighted by Crippen LogP contribution is 2.25. The summed E-state index contributed by atoms with van der Waals surface area (Å²) in [7, 11) is 1.30. The van der Waals surface area contributed by atoms with Crippen molar-refractivity contribution in [1.82, 2.24) is 4.98 Å². The van der Waals surface area contributed by atoms with Crippen LogP contribution in [0.1, 0.15) is 10.5 Å². The van der Waals surface area contributed by atoms with E-state index in [4.69, 9.17) is 0 Å². The third-order valence-corrected chi connectivity index (χ3v) is 3.44. The molecule has 1 aromatic heterocycles. The fraction of sp³-hybridized carbons (Fsp3) is 0.0909. The van der Waals surface area contributed by atoms with Gasteiger partial charge >= 0.3 is 5.97 Å². The summed E-state index contributed by atoms with van der Waals surface area (Å²) in [6.07, 6.45) is 0. The molecule has 0 saturated carbocycles. The van der Waals surface area contributed by atoms with Crippen LogP contribution >= 0.6 is 27.3 Å². The molecule has 0 saturated heterocycles. The molecule has 0 aliphatic heterocycles. The number of nitrogens with zero attached hydrogens (tertiary/aromatic N) is 1. The zero-order chi connectivity index (χ0) is 13.1. The largest absolute Gasteiger partial charge is 0.464 e. The molecule has 0 spiro atoms. The Kier molecular flexibility index (Phi) is 3.93. The molecule has 2 aromatic rings. The number of anilines is 2. The second-order valence-corrected chi connectivity index (χ2v) is 5.00. The second kappa shape index (κ2) is 5.45. The van der Waals surface area contributed by atoms with Crippen LogP contribution in [0.2, 0.25) is 0 Å². The zero-order valence-electron chi connectivity index (χ0n) is 9.24. The summed E-state index contributed by atoms with van der Waals surface area (Å²) in [6.45, 7) is 0. The van der Waals surface area contributed by atoms with Crippen LogP contribution in [-0.4, -0.2) is 18.1 Å². The lowest BCUT2D eigenvalue weighted by Gasteiger charge is -2.03. The minimum Gasteiger partial charge on any atom is -0.464 e. The summed E-state index contributed by atoms with van der Waals surface area (Å²) in [4.78, 5) is 15.3. The third-order valence-electron chi connectivity index (χ3n) is 2.07. The van der Waals surface area contributed by atoms with Crippen molar-refractivity contribution in [3.63, 3.8) is 0 Å². The normalized spacial score (nSPS) is 10.2. The summed E-state index contributed by atoms with van der Waals surface area (Å²) < 4.78 is 18.0. The summed E-state index contributed by atoms with van der Waals surface area (Å²) in [5.74, 6) is -0.825. The van der Waals surface area contributed by atoms with Gasteiger partial charge in [-0.1, -0.05) is 0 Å². The first-order valence-electron chi connectivity index (χ1n) is 4.86. The fourth-order valence-electron chi connectivity index (χ4n) is 1.23. The Morgan fingerprint density at radius 3 is 3.00 bits per heavy atom. The van der Waals surface area contributed by atoms with Crippen molar-refractivity contribution in [3.8, 4) is 0 Å². The molecular formula is C11H8BrFN2O2S. The van der Waals surface area contributed by atoms with E-state index in [1.807, 2.05) is 0 Å². The number of rotatable bonds is 3. The van der Waals surface area contributed by atoms with Gasteiger partial charge in [0.15, 0.2) is 10.8 Å². The lowest BCUT2D eigenvalue weighted by atomic mass is 10.3. The number of ether oxygens (including phenoxy) is 1. The smallest absolute Gasteiger partial charge is 0.357 e. The van der Waals surface area contributed by atoms with Gasteiger partial charge in [0.2, 0.25) is 0 Å². The van der Waals surface area contributed by atoms with E-state index in [2.05, 4.69) is 31.0 Å². The highest BCUT2D eigenvalue weighted by Gasteiger charge is 2.10. The SMILES string of the molecule is COC(=O)c1csc(Nc2ccc(F)c(Br)c2)n1. The van der Waals surface area contributed by atoms with E-state index in [9.17, 15) is 9.18 Å². The minimum atomic E-state index is -0.486. The van der Waals surface area contributed by atoms with Crippen molar-refractivity contribution in [2.75, 3.05) is 12.4 Å². The highest BCUT2D eigenvalue weighted by atomic mass is 79.9. The monoisotopic (exact) mass is 330 g/mol. The molecule has 0 fully saturated rings. The van der Waals surface area contributed by atoms with Crippen LogP contribution in [0.25, 0.3) is 0 Å². The summed E-state index contributed by atoms with van der Waals surface area (Å²) in [5.41, 5.74) is 0.917. The van der Waals surface area contributed by atoms with Crippen LogP contribution in [-0.2, 0) is 4.74 Å². The lowest BCUT2D eigenvalue weighted by Crippen LogP contribution is -2.01. The van der Waals surface area contributed by atoms with Gasteiger partial charge in [-0.25, -0.2) is 14.2 Å². The Hall–Kier alpha value is -1.47. The summed E-state index contributed by atoms with van der Waals surface area (Å²) in [6, 6.07) is 4.51. The molecule has 0 radical (unpaired) electrons. The third kappa shape index (κ3) is 2.85. The van der Waals surface area contributed by atoms with Crippen LogP contribution < -0.4 is 5.32 Å². The van der Waals surface area contributed by atoms with Gasteiger partial charge in [-0.3, -0.25) is 0 Å². The number of esters is 1. The Labute approximate surface area is 115 Å². The van der Waals surface area contributed by atoms with E-state index in [1.54, 1.807) is 17.5 Å². The molecule has 0 bridgehead atoms. The molecule has 0 atom stereocenters. The Balaban J connectivity index is 2.16. The van der Waals surface area contributed by atoms with E-state index < -0.39 is 5.97 Å². The predicted molar refractivity (Wildman–Crippen MR) is 70.8 cm³/mol. The molecule has 4 nitrogen and oxygen atoms in total. The quantitative estimate of drug-likeness (QED) is 0.874. The van der Waals surface area contributed by atoms with Crippen molar-refractivity contribution >= 4 is 44.1 Å². The fourth-order valence-corrected chi connectivity index (χ4v) is 2.31. The van der Waals surface area contributed by atoms with Gasteiger partial charge < -0.3 is 10.1 Å². The van der Waals surface area contributed by atoms with Gasteiger partial charge in [0.1, 0.15) is 5.82 Å². The first-order valence-corrected chi connectivity index (χ1v) is 6.53. The molecule has 0 amide bonds. The molecule has 7 heteroatoms. The van der Waals surface area contributed by atoms with Gasteiger partial charge in [0.05, 0.1) is 11.6 Å². The summed E-state index contributed by atoms with van der Waals surface area (Å²) >= 11 is 4.36. The van der Waals surface area contributed by atoms with Crippen LogP contribution in [0.5, 0.6) is 0 Å². The number of aromatic nitrogens is 1. The maximum absolute atomic E-state index is 13.0. The van der Waals surface area contributed by atoms with Gasteiger partial charge in [-0.05, 0) is 34.1 Å². The first kappa shape index (κ1) is 13.0. The van der Waals surface area contributed by atoms with Crippen molar-refractivity contribution in [2.24, 2.45) is 0 Å². The van der Waals surface area contributed by atoms with E-state index in [-0.39, 0.29) is 11.5 Å². The molecule has 1 aromatic carbocycles. The van der Waals surface area contributed by atoms with Crippen molar-refractivity contribution < 1.29 is 13.9 Å². The van der Waals surface area contributed by atoms with Gasteiger partial charge in [0, 0.05) is 11.1 Å². The molecule has 0 aliphatic rings. The number of thiazole rings is 1. The van der Waals surface area contributed by atoms with Gasteiger partial charge in [-0.2, -0.15) is 0 Å². The van der Waals surface area contributed by atoms with Crippen LogP contribution in [0.3, 0.4) is 0 Å². The van der Waals surface area contributed by atoms with E-state index in [0.717, 1.165) is 0 Å². The minimum absolute atomic E-state index is 0.242. The Bertz CT molecular complexity index is 588. The molecule has 2 rings (SSSR count). The number of nitrogens with one attached hydrogen (secondary N) is 1. The summed E-state index contributed by atoms with van der Waals surface area (Å²) in [5, 5.41) is 5.10. The Morgan fingerprint density at radius 1 is 1.56 bits per heavy atom. The van der Waals surface area contributed by atoms with E-state index >= 15 is 0 Å². The standard InChI is InChI=1S/C11H8BrFN2O2S/c1-17-10(16)9-5-18-11(15-9)14-6-2-3-8(13)7(12)4-6/h2-5H,1H3,(H,14,15). The average molecular weight is 331 g/mol. The predicted octanol–water partition coefficient (Wildman–Crippen LogP) is 3.57. The number of carbonyl (C=O) groups is 1. The average Bonchev–Trinajstić information content (AvgIpc) is 2.81. The zero-order valence-corrected chi connectivity index (χ0v) is 11.6. The van der Waals surface area contributed by atoms with Gasteiger partial charge in [-0.15, -0.1) is 11.3 Å². The number of methoxy groups -OCH3 is 1. The van der Waals surface area contributed by atoms with Gasteiger partial charge in [0.25, 0.3) is 0 Å². The van der Waals surface area contributed by atoms with Crippen molar-refractivity contribution in [1.29, 1.82) is 0 Å². The Morgan fingerprint density at radius 2 is 2.33 bits per heavy atom. The molecule has 1 N–H and O–H groups in total. The first-order chi connectivity index (χ1) is 8.60. The second-order valence-electron chi connectivity index (χ2n) is 3.28. The van der Waals surface area contributed by atoms with Crippen molar-refractivity contribution in [3.05, 3.63) is 39.6 Å². The number of hydrogen-bond acceptors (Lipinski definition) is 5. The molecule has 18 heavy (non-hydrogen) atoms. The molecule has 0 unspecified atom stereocenters. The van der Waals surface area contributed by atoms with E-state index in [0.29, 0.717) is 15.3 Å². The van der Waals surface area contributed by atoms with Crippen molar-refractivity contribution in [2.45, 2.75) is 0 Å². The number of hydrogen-bond donors (Lipinski definition) is 1. The molecule has 94 valence electrons. The topological polar surface area (TPSA) is 51.2 Å². The van der Waals surface area contributed by atoms with Crippen LogP contribution in [0, 0.1) is 5.82 Å². The molecular weight excluding hydrogens is 323 g/mol. The number of carbonyl (C=O) groups excluding carboxylic acids is 1. The molecule has 0 aliphatic carbocycles. The van der Waals surface area contributed by atoms with Crippen LogP contribution in [0.4, 0.5) is 15.2 Å². The number of benzene rings is 1. The number of halogens is 2. The van der Waals surface area contributed by atoms with E-state index in [1.165, 1.54) is 24.5 Å². The lowest BCUT2D eigenvalue weighted by molar-refractivity contribution is 0.0595. The maximum Gasteiger partial charge on any atom is 0.357 e. The highest BCUT2D eigenvalue weighted by molar-refractivity contribution is 9.10. The van der Waals surface area contributed by atoms with Crippen LogP contribution in [0.15, 0.2) is 28.1 Å². The maximum atomic E-state index is 13.0.